The summed E-state index contributed by atoms with van der Waals surface area (Å²) >= 11 is 0. The van der Waals surface area contributed by atoms with Gasteiger partial charge >= 0.3 is 0 Å². The van der Waals surface area contributed by atoms with Crippen molar-refractivity contribution in [2.45, 2.75) is 25.4 Å². The summed E-state index contributed by atoms with van der Waals surface area (Å²) in [7, 11) is 0. The number of hydrogen-bond acceptors (Lipinski definition) is 3. The van der Waals surface area contributed by atoms with Crippen LogP contribution in [0.3, 0.4) is 0 Å². The molecule has 2 fully saturated rings. The van der Waals surface area contributed by atoms with E-state index in [1.165, 1.54) is 38.0 Å². The van der Waals surface area contributed by atoms with Gasteiger partial charge in [0.2, 0.25) is 0 Å². The Bertz CT molecular complexity index is 598. The number of rotatable bonds is 3. The topological polar surface area (TPSA) is 33.1 Å². The van der Waals surface area contributed by atoms with Gasteiger partial charge in [0.15, 0.2) is 0 Å². The Morgan fingerprint density at radius 2 is 2.05 bits per heavy atom. The first-order valence-corrected chi connectivity index (χ1v) is 7.93. The smallest absolute Gasteiger partial charge is 0.0645 e. The maximum atomic E-state index is 4.50. The standard InChI is InChI=1S/C17H22N4.ClH/c1-2-4-16(5-3-1)21-12-14(10-19-21)11-20-9-7-17-15(13-20)6-8-18-17;/h1-5,10,12,15,17-18H,6-9,11,13H2;1H. The minimum atomic E-state index is 0. The molecule has 4 nitrogen and oxygen atoms in total. The van der Waals surface area contributed by atoms with Crippen LogP contribution in [0.2, 0.25) is 0 Å². The fourth-order valence-corrected chi connectivity index (χ4v) is 3.69. The van der Waals surface area contributed by atoms with E-state index in [1.807, 2.05) is 16.9 Å². The number of likely N-dealkylation sites (tertiary alicyclic amines) is 1. The van der Waals surface area contributed by atoms with Crippen molar-refractivity contribution in [1.82, 2.24) is 20.0 Å². The van der Waals surface area contributed by atoms with E-state index in [4.69, 9.17) is 0 Å². The summed E-state index contributed by atoms with van der Waals surface area (Å²) in [6.07, 6.45) is 6.79. The fourth-order valence-electron chi connectivity index (χ4n) is 3.69. The summed E-state index contributed by atoms with van der Waals surface area (Å²) < 4.78 is 1.97. The molecule has 4 rings (SSSR count). The van der Waals surface area contributed by atoms with Crippen LogP contribution >= 0.6 is 12.4 Å². The van der Waals surface area contributed by atoms with Crippen LogP contribution in [0.15, 0.2) is 42.7 Å². The molecule has 0 bridgehead atoms. The van der Waals surface area contributed by atoms with Crippen molar-refractivity contribution in [3.05, 3.63) is 48.3 Å². The van der Waals surface area contributed by atoms with E-state index in [0.717, 1.165) is 24.2 Å². The van der Waals surface area contributed by atoms with Gasteiger partial charge in [-0.1, -0.05) is 18.2 Å². The van der Waals surface area contributed by atoms with E-state index < -0.39 is 0 Å². The normalized spacial score (nSPS) is 24.7. The van der Waals surface area contributed by atoms with Gasteiger partial charge in [-0.25, -0.2) is 4.68 Å². The Hall–Kier alpha value is -1.36. The van der Waals surface area contributed by atoms with Gasteiger partial charge in [0.1, 0.15) is 0 Å². The Morgan fingerprint density at radius 3 is 2.91 bits per heavy atom. The molecule has 0 saturated carbocycles. The molecule has 1 aromatic heterocycles. The van der Waals surface area contributed by atoms with Gasteiger partial charge in [-0.2, -0.15) is 5.10 Å². The number of benzene rings is 1. The first-order chi connectivity index (χ1) is 10.4. The van der Waals surface area contributed by atoms with Crippen LogP contribution in [-0.4, -0.2) is 40.4 Å². The monoisotopic (exact) mass is 318 g/mol. The molecule has 0 amide bonds. The van der Waals surface area contributed by atoms with Gasteiger partial charge in [0.05, 0.1) is 11.9 Å². The predicted octanol–water partition coefficient (Wildman–Crippen LogP) is 2.48. The highest BCUT2D eigenvalue weighted by molar-refractivity contribution is 5.85. The van der Waals surface area contributed by atoms with Gasteiger partial charge in [0.25, 0.3) is 0 Å². The lowest BCUT2D eigenvalue weighted by atomic mass is 9.93. The van der Waals surface area contributed by atoms with Crippen LogP contribution in [0.25, 0.3) is 5.69 Å². The highest BCUT2D eigenvalue weighted by atomic mass is 35.5. The third-order valence-corrected chi connectivity index (χ3v) is 4.80. The zero-order valence-electron chi connectivity index (χ0n) is 12.7. The van der Waals surface area contributed by atoms with Gasteiger partial charge in [-0.3, -0.25) is 4.90 Å². The minimum absolute atomic E-state index is 0. The second-order valence-electron chi connectivity index (χ2n) is 6.26. The van der Waals surface area contributed by atoms with E-state index in [9.17, 15) is 0 Å². The summed E-state index contributed by atoms with van der Waals surface area (Å²) in [5.74, 6) is 0.850. The molecular formula is C17H23ClN4. The Balaban J connectivity index is 0.00000144. The molecule has 2 aliphatic rings. The second kappa shape index (κ2) is 6.82. The molecule has 2 atom stereocenters. The molecule has 3 heterocycles. The van der Waals surface area contributed by atoms with Crippen molar-refractivity contribution in [1.29, 1.82) is 0 Å². The molecule has 0 spiro atoms. The van der Waals surface area contributed by atoms with Crippen LogP contribution in [0.4, 0.5) is 0 Å². The molecule has 1 aromatic carbocycles. The van der Waals surface area contributed by atoms with Crippen LogP contribution in [0.5, 0.6) is 0 Å². The zero-order valence-corrected chi connectivity index (χ0v) is 13.5. The molecule has 118 valence electrons. The summed E-state index contributed by atoms with van der Waals surface area (Å²) in [6.45, 7) is 4.66. The average molecular weight is 319 g/mol. The van der Waals surface area contributed by atoms with E-state index in [-0.39, 0.29) is 12.4 Å². The zero-order chi connectivity index (χ0) is 14.1. The second-order valence-corrected chi connectivity index (χ2v) is 6.26. The molecule has 2 unspecified atom stereocenters. The Morgan fingerprint density at radius 1 is 1.18 bits per heavy atom. The van der Waals surface area contributed by atoms with Crippen LogP contribution < -0.4 is 5.32 Å². The summed E-state index contributed by atoms with van der Waals surface area (Å²) in [5.41, 5.74) is 2.44. The Labute approximate surface area is 137 Å². The molecular weight excluding hydrogens is 296 g/mol. The highest BCUT2D eigenvalue weighted by Crippen LogP contribution is 2.25. The minimum Gasteiger partial charge on any atom is -0.314 e. The third kappa shape index (κ3) is 3.19. The first-order valence-electron chi connectivity index (χ1n) is 7.93. The van der Waals surface area contributed by atoms with E-state index in [0.29, 0.717) is 0 Å². The lowest BCUT2D eigenvalue weighted by molar-refractivity contribution is 0.156. The number of fused-ring (bicyclic) bond motifs is 1. The summed E-state index contributed by atoms with van der Waals surface area (Å²) in [5, 5.41) is 8.12. The van der Waals surface area contributed by atoms with Gasteiger partial charge in [-0.15, -0.1) is 12.4 Å². The number of para-hydroxylation sites is 1. The Kier molecular flexibility index (Phi) is 4.81. The maximum absolute atomic E-state index is 4.50. The predicted molar refractivity (Wildman–Crippen MR) is 90.6 cm³/mol. The first kappa shape index (κ1) is 15.5. The largest absolute Gasteiger partial charge is 0.314 e. The maximum Gasteiger partial charge on any atom is 0.0645 e. The average Bonchev–Trinajstić information content (AvgIpc) is 3.17. The van der Waals surface area contributed by atoms with Crippen LogP contribution in [0.1, 0.15) is 18.4 Å². The number of hydrogen-bond donors (Lipinski definition) is 1. The third-order valence-electron chi connectivity index (χ3n) is 4.80. The van der Waals surface area contributed by atoms with Crippen molar-refractivity contribution >= 4 is 12.4 Å². The SMILES string of the molecule is Cl.c1ccc(-n2cc(CN3CCC4NCCC4C3)cn2)cc1. The molecule has 0 aliphatic carbocycles. The number of halogens is 1. The van der Waals surface area contributed by atoms with Crippen molar-refractivity contribution < 1.29 is 0 Å². The molecule has 2 aromatic rings. The quantitative estimate of drug-likeness (QED) is 0.944. The summed E-state index contributed by atoms with van der Waals surface area (Å²) in [6, 6.07) is 11.1. The lowest BCUT2D eigenvalue weighted by Gasteiger charge is -2.34. The van der Waals surface area contributed by atoms with Gasteiger partial charge in [0, 0.05) is 30.9 Å². The number of aromatic nitrogens is 2. The molecule has 0 radical (unpaired) electrons. The lowest BCUT2D eigenvalue weighted by Crippen LogP contribution is -2.43. The molecule has 5 heteroatoms. The number of piperidine rings is 1. The molecule has 2 saturated heterocycles. The van der Waals surface area contributed by atoms with Crippen molar-refractivity contribution in [2.75, 3.05) is 19.6 Å². The van der Waals surface area contributed by atoms with Crippen molar-refractivity contribution in [3.8, 4) is 5.69 Å². The van der Waals surface area contributed by atoms with E-state index in [1.54, 1.807) is 0 Å². The van der Waals surface area contributed by atoms with Gasteiger partial charge in [-0.05, 0) is 44.0 Å². The fraction of sp³-hybridized carbons (Fsp3) is 0.471. The highest BCUT2D eigenvalue weighted by Gasteiger charge is 2.32. The molecule has 1 N–H and O–H groups in total. The number of nitrogens with zero attached hydrogens (tertiary/aromatic N) is 3. The number of nitrogens with one attached hydrogen (secondary N) is 1. The van der Waals surface area contributed by atoms with E-state index in [2.05, 4.69) is 45.8 Å². The molecule has 22 heavy (non-hydrogen) atoms. The van der Waals surface area contributed by atoms with Gasteiger partial charge < -0.3 is 5.32 Å². The van der Waals surface area contributed by atoms with Crippen LogP contribution in [-0.2, 0) is 6.54 Å². The van der Waals surface area contributed by atoms with Crippen LogP contribution in [0, 0.1) is 5.92 Å². The van der Waals surface area contributed by atoms with Crippen molar-refractivity contribution in [2.24, 2.45) is 5.92 Å². The molecule has 2 aliphatic heterocycles. The van der Waals surface area contributed by atoms with E-state index >= 15 is 0 Å². The summed E-state index contributed by atoms with van der Waals surface area (Å²) in [4.78, 5) is 2.58. The van der Waals surface area contributed by atoms with Crippen molar-refractivity contribution in [3.63, 3.8) is 0 Å².